The molecule has 0 aliphatic carbocycles. The minimum Gasteiger partial charge on any atom is -0.394 e. The van der Waals surface area contributed by atoms with Crippen molar-refractivity contribution in [3.63, 3.8) is 0 Å². The number of ether oxygens (including phenoxy) is 1. The van der Waals surface area contributed by atoms with Gasteiger partial charge in [0.1, 0.15) is 11.2 Å². The van der Waals surface area contributed by atoms with Gasteiger partial charge in [-0.3, -0.25) is 0 Å². The summed E-state index contributed by atoms with van der Waals surface area (Å²) in [5.41, 5.74) is -4.36. The minimum atomic E-state index is -2.18. The molecule has 0 radical (unpaired) electrons. The van der Waals surface area contributed by atoms with E-state index < -0.39 is 138 Å². The first-order valence-electron chi connectivity index (χ1n) is 26.7. The Balaban J connectivity index is 6.48. The predicted octanol–water partition coefficient (Wildman–Crippen LogP) is 4.84. The lowest BCUT2D eigenvalue weighted by Gasteiger charge is -2.47. The Morgan fingerprint density at radius 2 is 0.551 bits per heavy atom. The Morgan fingerprint density at radius 1 is 0.319 bits per heavy atom. The van der Waals surface area contributed by atoms with Crippen LogP contribution in [-0.4, -0.2) is 174 Å². The highest BCUT2D eigenvalue weighted by Crippen LogP contribution is 2.40. The third-order valence-electron chi connectivity index (χ3n) is 12.7. The van der Waals surface area contributed by atoms with Crippen molar-refractivity contribution in [3.05, 3.63) is 0 Å². The standard InChI is InChI=1S/C50H102O19/c1-3-5-7-9-11-13-15-17-19-21-23-25-27-63-68-66-49(31-43(59)37-53,32-44(60)38-54)47(29-41(57)35-51)65-48(30-42(58)36-52)50(33-45(61)39-55,34-46(62)40-56)67-69-64-28-26-24-22-20-18-16-14-12-10-8-6-4-2/h41-48,51-62H,3-40H2,1-2H3. The average molecular weight is 1010 g/mol. The van der Waals surface area contributed by atoms with Crippen LogP contribution in [-0.2, 0) is 34.4 Å². The van der Waals surface area contributed by atoms with Crippen LogP contribution in [0, 0.1) is 0 Å². The van der Waals surface area contributed by atoms with Crippen LogP contribution < -0.4 is 0 Å². The highest BCUT2D eigenvalue weighted by Gasteiger charge is 2.53. The van der Waals surface area contributed by atoms with Crippen LogP contribution in [0.2, 0.25) is 0 Å². The topological polar surface area (TPSA) is 307 Å². The SMILES string of the molecule is CCCCCCCCCCCCCCOOOC(CC(O)CO)(CC(O)CO)C(CC(O)CO)OC(CC(O)CO)C(CC(O)CO)(CC(O)CO)OOOCCCCCCCCCCCCCC. The second-order valence-electron chi connectivity index (χ2n) is 19.3. The molecule has 0 fully saturated rings. The van der Waals surface area contributed by atoms with Crippen molar-refractivity contribution < 1.29 is 95.6 Å². The Morgan fingerprint density at radius 3 is 0.783 bits per heavy atom. The van der Waals surface area contributed by atoms with E-state index in [9.17, 15) is 61.3 Å². The first-order chi connectivity index (χ1) is 33.4. The van der Waals surface area contributed by atoms with Crippen molar-refractivity contribution in [2.24, 2.45) is 0 Å². The second-order valence-corrected chi connectivity index (χ2v) is 19.3. The molecule has 0 aromatic carbocycles. The van der Waals surface area contributed by atoms with E-state index in [2.05, 4.69) is 13.8 Å². The Hall–Kier alpha value is -0.760. The van der Waals surface area contributed by atoms with Crippen LogP contribution in [0.4, 0.5) is 0 Å². The summed E-state index contributed by atoms with van der Waals surface area (Å²) in [6.07, 6.45) is 9.98. The van der Waals surface area contributed by atoms with Gasteiger partial charge in [-0.1, -0.05) is 165 Å². The van der Waals surface area contributed by atoms with Gasteiger partial charge in [0.2, 0.25) is 0 Å². The van der Waals surface area contributed by atoms with E-state index in [1.165, 1.54) is 89.9 Å². The molecule has 0 saturated heterocycles. The van der Waals surface area contributed by atoms with Gasteiger partial charge in [0.25, 0.3) is 0 Å². The monoisotopic (exact) mass is 1010 g/mol. The van der Waals surface area contributed by atoms with E-state index in [-0.39, 0.29) is 13.2 Å². The van der Waals surface area contributed by atoms with Gasteiger partial charge < -0.3 is 66.0 Å². The van der Waals surface area contributed by atoms with Gasteiger partial charge in [-0.05, 0) is 12.8 Å². The molecule has 416 valence electrons. The molecule has 69 heavy (non-hydrogen) atoms. The van der Waals surface area contributed by atoms with Gasteiger partial charge in [-0.2, -0.15) is 9.78 Å². The van der Waals surface area contributed by atoms with Crippen molar-refractivity contribution in [1.82, 2.24) is 0 Å². The molecule has 0 spiro atoms. The summed E-state index contributed by atoms with van der Waals surface area (Å²) in [5, 5.41) is 136. The molecule has 0 amide bonds. The quantitative estimate of drug-likeness (QED) is 0.0220. The lowest BCUT2D eigenvalue weighted by atomic mass is 9.79. The average Bonchev–Trinajstić information content (AvgIpc) is 3.35. The number of hydrogen-bond donors (Lipinski definition) is 12. The Kier molecular flexibility index (Phi) is 45.3. The van der Waals surface area contributed by atoms with Crippen molar-refractivity contribution in [3.8, 4) is 0 Å². The van der Waals surface area contributed by atoms with E-state index >= 15 is 0 Å². The van der Waals surface area contributed by atoms with Gasteiger partial charge in [-0.15, -0.1) is 0 Å². The van der Waals surface area contributed by atoms with Crippen molar-refractivity contribution >= 4 is 0 Å². The molecule has 0 aromatic heterocycles. The zero-order chi connectivity index (χ0) is 51.4. The van der Waals surface area contributed by atoms with E-state index in [4.69, 9.17) is 34.4 Å². The predicted molar refractivity (Wildman–Crippen MR) is 259 cm³/mol. The smallest absolute Gasteiger partial charge is 0.138 e. The van der Waals surface area contributed by atoms with E-state index in [0.29, 0.717) is 12.8 Å². The molecular formula is C50H102O19. The molecule has 19 heteroatoms. The number of rotatable bonds is 54. The molecule has 0 saturated carbocycles. The maximum atomic E-state index is 10.9. The molecule has 0 bridgehead atoms. The van der Waals surface area contributed by atoms with Crippen LogP contribution in [0.5, 0.6) is 0 Å². The maximum absolute atomic E-state index is 10.9. The summed E-state index contributed by atoms with van der Waals surface area (Å²) in [4.78, 5) is 22.5. The van der Waals surface area contributed by atoms with Crippen molar-refractivity contribution in [1.29, 1.82) is 0 Å². The molecule has 0 rings (SSSR count). The summed E-state index contributed by atoms with van der Waals surface area (Å²) in [7, 11) is 0. The van der Waals surface area contributed by atoms with E-state index in [1.807, 2.05) is 0 Å². The van der Waals surface area contributed by atoms with Crippen molar-refractivity contribution in [2.45, 2.75) is 267 Å². The normalized spacial score (nSPS) is 17.5. The Labute approximate surface area is 414 Å². The van der Waals surface area contributed by atoms with E-state index in [0.717, 1.165) is 51.4 Å². The third kappa shape index (κ3) is 34.4. The largest absolute Gasteiger partial charge is 0.394 e. The van der Waals surface area contributed by atoms with Gasteiger partial charge in [-0.25, -0.2) is 9.78 Å². The molecule has 8 unspecified atom stereocenters. The van der Waals surface area contributed by atoms with Gasteiger partial charge in [0.05, 0.1) is 102 Å². The molecule has 12 N–H and O–H groups in total. The molecule has 0 aliphatic heterocycles. The summed E-state index contributed by atoms with van der Waals surface area (Å²) < 4.78 is 6.62. The first-order valence-corrected chi connectivity index (χ1v) is 26.7. The first kappa shape index (κ1) is 68.2. The zero-order valence-corrected chi connectivity index (χ0v) is 42.7. The van der Waals surface area contributed by atoms with Crippen LogP contribution in [0.25, 0.3) is 0 Å². The summed E-state index contributed by atoms with van der Waals surface area (Å²) in [5.74, 6) is 0. The highest BCUT2D eigenvalue weighted by atomic mass is 17.5. The fraction of sp³-hybridized carbons (Fsp3) is 1.00. The highest BCUT2D eigenvalue weighted by molar-refractivity contribution is 4.99. The number of hydrogen-bond acceptors (Lipinski definition) is 19. The summed E-state index contributed by atoms with van der Waals surface area (Å²) in [6, 6.07) is 0. The van der Waals surface area contributed by atoms with Crippen LogP contribution in [0.3, 0.4) is 0 Å². The minimum absolute atomic E-state index is 0.0559. The fourth-order valence-corrected chi connectivity index (χ4v) is 8.68. The molecule has 8 atom stereocenters. The second kappa shape index (κ2) is 45.8. The zero-order valence-electron chi connectivity index (χ0n) is 42.7. The molecule has 19 nitrogen and oxygen atoms in total. The van der Waals surface area contributed by atoms with E-state index in [1.54, 1.807) is 0 Å². The fourth-order valence-electron chi connectivity index (χ4n) is 8.68. The van der Waals surface area contributed by atoms with Crippen molar-refractivity contribution in [2.75, 3.05) is 52.9 Å². The number of unbranched alkanes of at least 4 members (excludes halogenated alkanes) is 22. The summed E-state index contributed by atoms with van der Waals surface area (Å²) >= 11 is 0. The number of aliphatic hydroxyl groups excluding tert-OH is 12. The third-order valence-corrected chi connectivity index (χ3v) is 12.7. The van der Waals surface area contributed by atoms with Crippen LogP contribution >= 0.6 is 0 Å². The van der Waals surface area contributed by atoms with Gasteiger partial charge in [0, 0.05) is 38.5 Å². The summed E-state index contributed by atoms with van der Waals surface area (Å²) in [6.45, 7) is -0.531. The lowest BCUT2D eigenvalue weighted by molar-refractivity contribution is -0.562. The van der Waals surface area contributed by atoms with Crippen LogP contribution in [0.15, 0.2) is 0 Å². The Bertz CT molecular complexity index is 978. The maximum Gasteiger partial charge on any atom is 0.138 e. The lowest BCUT2D eigenvalue weighted by Crippen LogP contribution is -2.59. The van der Waals surface area contributed by atoms with Gasteiger partial charge >= 0.3 is 0 Å². The molecule has 0 aromatic rings. The molecule has 0 aliphatic rings. The molecule has 0 heterocycles. The van der Waals surface area contributed by atoms with Gasteiger partial charge in [0.15, 0.2) is 0 Å². The number of aliphatic hydroxyl groups is 12. The van der Waals surface area contributed by atoms with Crippen LogP contribution in [0.1, 0.15) is 206 Å². The molecular weight excluding hydrogens is 905 g/mol.